The summed E-state index contributed by atoms with van der Waals surface area (Å²) in [5.74, 6) is 0.627. The third kappa shape index (κ3) is 5.38. The molecule has 4 rings (SSSR count). The summed E-state index contributed by atoms with van der Waals surface area (Å²) in [6, 6.07) is 13.8. The van der Waals surface area contributed by atoms with Crippen LogP contribution in [0, 0.1) is 6.92 Å². The van der Waals surface area contributed by atoms with E-state index < -0.39 is 11.9 Å². The first kappa shape index (κ1) is 24.1. The van der Waals surface area contributed by atoms with Gasteiger partial charge in [0.05, 0.1) is 24.0 Å². The highest BCUT2D eigenvalue weighted by atomic mass is 16.5. The number of urea groups is 1. The van der Waals surface area contributed by atoms with Gasteiger partial charge in [0.15, 0.2) is 23.1 Å². The van der Waals surface area contributed by atoms with Gasteiger partial charge in [-0.15, -0.1) is 10.2 Å². The van der Waals surface area contributed by atoms with Crippen LogP contribution in [0.1, 0.15) is 16.1 Å². The highest BCUT2D eigenvalue weighted by Gasteiger charge is 2.19. The lowest BCUT2D eigenvalue weighted by molar-refractivity contribution is 0.0958. The maximum absolute atomic E-state index is 12.5. The van der Waals surface area contributed by atoms with Gasteiger partial charge in [-0.1, -0.05) is 18.2 Å². The van der Waals surface area contributed by atoms with E-state index in [1.165, 1.54) is 20.2 Å². The normalized spacial score (nSPS) is 10.4. The number of methoxy groups -OCH3 is 1. The Kier molecular flexibility index (Phi) is 7.04. The van der Waals surface area contributed by atoms with Crippen LogP contribution in [0.2, 0.25) is 0 Å². The van der Waals surface area contributed by atoms with Crippen LogP contribution >= 0.6 is 0 Å². The van der Waals surface area contributed by atoms with Crippen LogP contribution in [0.5, 0.6) is 5.75 Å². The molecule has 12 nitrogen and oxygen atoms in total. The molecule has 0 saturated carbocycles. The van der Waals surface area contributed by atoms with E-state index in [1.807, 2.05) is 31.2 Å². The molecule has 0 aliphatic carbocycles. The van der Waals surface area contributed by atoms with Gasteiger partial charge in [0.2, 0.25) is 0 Å². The molecular formula is C24H25N9O3. The van der Waals surface area contributed by atoms with Gasteiger partial charge in [-0.25, -0.2) is 9.78 Å². The Morgan fingerprint density at radius 1 is 1.00 bits per heavy atom. The van der Waals surface area contributed by atoms with Gasteiger partial charge >= 0.3 is 6.03 Å². The van der Waals surface area contributed by atoms with Gasteiger partial charge in [-0.05, 0) is 36.8 Å². The minimum atomic E-state index is -0.505. The molecular weight excluding hydrogens is 462 g/mol. The molecule has 0 fully saturated rings. The van der Waals surface area contributed by atoms with E-state index in [4.69, 9.17) is 4.74 Å². The fourth-order valence-corrected chi connectivity index (χ4v) is 3.47. The van der Waals surface area contributed by atoms with Crippen molar-refractivity contribution in [3.05, 3.63) is 66.1 Å². The van der Waals surface area contributed by atoms with Gasteiger partial charge in [0, 0.05) is 25.8 Å². The lowest BCUT2D eigenvalue weighted by Gasteiger charge is -2.16. The van der Waals surface area contributed by atoms with Crippen molar-refractivity contribution in [2.75, 3.05) is 30.1 Å². The van der Waals surface area contributed by atoms with Crippen LogP contribution in [0.4, 0.5) is 27.7 Å². The zero-order valence-electron chi connectivity index (χ0n) is 20.2. The Hall–Kier alpha value is -5.00. The number of hydrogen-bond donors (Lipinski definition) is 4. The topological polar surface area (TPSA) is 148 Å². The predicted molar refractivity (Wildman–Crippen MR) is 136 cm³/mol. The molecule has 4 aromatic rings. The standard InChI is InChI=1S/C24H25N9O3/c1-14-7-5-8-15(11-14)27-24(35)29-19-12-18(20(31-30-19)23(34)25-2)28-17-10-6-9-16(21(17)36-4)22-26-13-33(3)32-22/h5-13H,1-4H3,(H,25,34)(H3,27,28,29,30,35). The van der Waals surface area contributed by atoms with E-state index in [1.54, 1.807) is 36.3 Å². The maximum atomic E-state index is 12.5. The third-order valence-corrected chi connectivity index (χ3v) is 5.08. The van der Waals surface area contributed by atoms with E-state index >= 15 is 0 Å². The first-order valence-electron chi connectivity index (χ1n) is 10.9. The molecule has 0 aliphatic heterocycles. The van der Waals surface area contributed by atoms with Crippen molar-refractivity contribution in [3.63, 3.8) is 0 Å². The molecule has 12 heteroatoms. The zero-order chi connectivity index (χ0) is 25.7. The number of ether oxygens (including phenoxy) is 1. The number of anilines is 4. The summed E-state index contributed by atoms with van der Waals surface area (Å²) in [5, 5.41) is 23.4. The van der Waals surface area contributed by atoms with Crippen LogP contribution in [0.15, 0.2) is 54.9 Å². The highest BCUT2D eigenvalue weighted by molar-refractivity contribution is 6.01. The molecule has 2 heterocycles. The quantitative estimate of drug-likeness (QED) is 0.310. The summed E-state index contributed by atoms with van der Waals surface area (Å²) in [5.41, 5.74) is 3.17. The second kappa shape index (κ2) is 10.5. The number of carbonyl (C=O) groups is 2. The Morgan fingerprint density at radius 2 is 1.81 bits per heavy atom. The molecule has 4 N–H and O–H groups in total. The van der Waals surface area contributed by atoms with Crippen molar-refractivity contribution >= 4 is 34.8 Å². The fraction of sp³-hybridized carbons (Fsp3) is 0.167. The smallest absolute Gasteiger partial charge is 0.324 e. The largest absolute Gasteiger partial charge is 0.494 e. The molecule has 3 amide bonds. The van der Waals surface area contributed by atoms with Crippen LogP contribution in [0.25, 0.3) is 11.4 Å². The monoisotopic (exact) mass is 487 g/mol. The molecule has 184 valence electrons. The number of carbonyl (C=O) groups excluding carboxylic acids is 2. The van der Waals surface area contributed by atoms with Gasteiger partial charge in [-0.3, -0.25) is 14.8 Å². The third-order valence-electron chi connectivity index (χ3n) is 5.08. The van der Waals surface area contributed by atoms with Crippen LogP contribution in [0.3, 0.4) is 0 Å². The molecule has 0 atom stereocenters. The predicted octanol–water partition coefficient (Wildman–Crippen LogP) is 3.34. The summed E-state index contributed by atoms with van der Waals surface area (Å²) in [6.07, 6.45) is 1.59. The summed E-state index contributed by atoms with van der Waals surface area (Å²) in [7, 11) is 4.79. The molecule has 0 spiro atoms. The molecule has 36 heavy (non-hydrogen) atoms. The summed E-state index contributed by atoms with van der Waals surface area (Å²) >= 11 is 0. The number of aryl methyl sites for hydroxylation is 2. The first-order valence-corrected chi connectivity index (χ1v) is 10.9. The van der Waals surface area contributed by atoms with Crippen molar-refractivity contribution in [1.82, 2.24) is 30.3 Å². The number of nitrogens with one attached hydrogen (secondary N) is 4. The first-order chi connectivity index (χ1) is 17.4. The Bertz CT molecular complexity index is 1420. The van der Waals surface area contributed by atoms with Crippen molar-refractivity contribution in [2.24, 2.45) is 7.05 Å². The Morgan fingerprint density at radius 3 is 2.50 bits per heavy atom. The van der Waals surface area contributed by atoms with Gasteiger partial charge in [0.1, 0.15) is 6.33 Å². The van der Waals surface area contributed by atoms with Crippen molar-refractivity contribution in [1.29, 1.82) is 0 Å². The molecule has 0 unspecified atom stereocenters. The zero-order valence-corrected chi connectivity index (χ0v) is 20.2. The number of nitrogens with zero attached hydrogens (tertiary/aromatic N) is 5. The van der Waals surface area contributed by atoms with Crippen LogP contribution in [-0.4, -0.2) is 51.1 Å². The SMILES string of the molecule is CNC(=O)c1nnc(NC(=O)Nc2cccc(C)c2)cc1Nc1cccc(-c2ncn(C)n2)c1OC. The number of aromatic nitrogens is 5. The van der Waals surface area contributed by atoms with Crippen molar-refractivity contribution in [2.45, 2.75) is 6.92 Å². The molecule has 2 aromatic heterocycles. The van der Waals surface area contributed by atoms with Crippen molar-refractivity contribution < 1.29 is 14.3 Å². The average Bonchev–Trinajstić information content (AvgIpc) is 3.29. The van der Waals surface area contributed by atoms with E-state index in [2.05, 4.69) is 41.5 Å². The minimum Gasteiger partial charge on any atom is -0.494 e. The molecule has 0 bridgehead atoms. The lowest BCUT2D eigenvalue weighted by Crippen LogP contribution is -2.23. The van der Waals surface area contributed by atoms with E-state index in [0.29, 0.717) is 34.2 Å². The highest BCUT2D eigenvalue weighted by Crippen LogP contribution is 2.37. The Labute approximate surface area is 207 Å². The van der Waals surface area contributed by atoms with Gasteiger partial charge in [0.25, 0.3) is 5.91 Å². The molecule has 0 saturated heterocycles. The van der Waals surface area contributed by atoms with E-state index in [0.717, 1.165) is 5.56 Å². The number of rotatable bonds is 7. The Balaban J connectivity index is 1.64. The molecule has 0 aliphatic rings. The van der Waals surface area contributed by atoms with Gasteiger partial charge in [-0.2, -0.15) is 5.10 Å². The molecule has 0 radical (unpaired) electrons. The summed E-state index contributed by atoms with van der Waals surface area (Å²) in [4.78, 5) is 29.3. The second-order valence-electron chi connectivity index (χ2n) is 7.77. The number of para-hydroxylation sites is 1. The number of benzene rings is 2. The number of amides is 3. The lowest BCUT2D eigenvalue weighted by atomic mass is 10.1. The van der Waals surface area contributed by atoms with Crippen LogP contribution < -0.4 is 26.0 Å². The second-order valence-corrected chi connectivity index (χ2v) is 7.77. The maximum Gasteiger partial charge on any atom is 0.324 e. The van der Waals surface area contributed by atoms with E-state index in [-0.39, 0.29) is 11.5 Å². The summed E-state index contributed by atoms with van der Waals surface area (Å²) in [6.45, 7) is 1.93. The van der Waals surface area contributed by atoms with Gasteiger partial charge < -0.3 is 20.7 Å². The van der Waals surface area contributed by atoms with Crippen LogP contribution in [-0.2, 0) is 7.05 Å². The molecule has 2 aromatic carbocycles. The van der Waals surface area contributed by atoms with Crippen molar-refractivity contribution in [3.8, 4) is 17.1 Å². The van der Waals surface area contributed by atoms with E-state index in [9.17, 15) is 9.59 Å². The number of hydrogen-bond acceptors (Lipinski definition) is 8. The minimum absolute atomic E-state index is 0.0329. The average molecular weight is 488 g/mol. The fourth-order valence-electron chi connectivity index (χ4n) is 3.47. The summed E-state index contributed by atoms with van der Waals surface area (Å²) < 4.78 is 7.23.